The Morgan fingerprint density at radius 1 is 1.52 bits per heavy atom. The van der Waals surface area contributed by atoms with Gasteiger partial charge in [-0.2, -0.15) is 5.10 Å². The SMILES string of the molecule is CCCc1cc(C(=O)N2CC[C@]3(OC)CC[C@H](O)C[C@H]23)n(C)n1. The third kappa shape index (κ3) is 2.78. The van der Waals surface area contributed by atoms with Crippen LogP contribution < -0.4 is 0 Å². The Morgan fingerprint density at radius 2 is 2.30 bits per heavy atom. The first-order valence-corrected chi connectivity index (χ1v) is 8.58. The molecule has 6 nitrogen and oxygen atoms in total. The highest BCUT2D eigenvalue weighted by atomic mass is 16.5. The molecule has 1 N–H and O–H groups in total. The molecule has 2 fully saturated rings. The Labute approximate surface area is 137 Å². The molecule has 128 valence electrons. The topological polar surface area (TPSA) is 67.6 Å². The van der Waals surface area contributed by atoms with Crippen molar-refractivity contribution in [1.82, 2.24) is 14.7 Å². The fourth-order valence-corrected chi connectivity index (χ4v) is 4.17. The maximum atomic E-state index is 13.0. The van der Waals surface area contributed by atoms with Crippen molar-refractivity contribution in [2.45, 2.75) is 63.2 Å². The molecular formula is C17H27N3O3. The zero-order chi connectivity index (χ0) is 16.6. The lowest BCUT2D eigenvalue weighted by Crippen LogP contribution is -2.53. The van der Waals surface area contributed by atoms with Crippen LogP contribution in [0.5, 0.6) is 0 Å². The maximum Gasteiger partial charge on any atom is 0.272 e. The van der Waals surface area contributed by atoms with Crippen LogP contribution in [0.3, 0.4) is 0 Å². The highest BCUT2D eigenvalue weighted by Gasteiger charge is 2.52. The summed E-state index contributed by atoms with van der Waals surface area (Å²) in [6.07, 6.45) is 4.54. The highest BCUT2D eigenvalue weighted by molar-refractivity contribution is 5.93. The predicted octanol–water partition coefficient (Wildman–Crippen LogP) is 1.52. The maximum absolute atomic E-state index is 13.0. The van der Waals surface area contributed by atoms with Crippen molar-refractivity contribution >= 4 is 5.91 Å². The van der Waals surface area contributed by atoms with Crippen molar-refractivity contribution in [2.24, 2.45) is 7.05 Å². The van der Waals surface area contributed by atoms with E-state index in [2.05, 4.69) is 12.0 Å². The van der Waals surface area contributed by atoms with Gasteiger partial charge in [-0.25, -0.2) is 0 Å². The van der Waals surface area contributed by atoms with Crippen molar-refractivity contribution < 1.29 is 14.6 Å². The second kappa shape index (κ2) is 6.24. The number of aromatic nitrogens is 2. The quantitative estimate of drug-likeness (QED) is 0.913. The fraction of sp³-hybridized carbons (Fsp3) is 0.765. The number of hydrogen-bond donors (Lipinski definition) is 1. The highest BCUT2D eigenvalue weighted by Crippen LogP contribution is 2.42. The van der Waals surface area contributed by atoms with E-state index >= 15 is 0 Å². The van der Waals surface area contributed by atoms with Crippen molar-refractivity contribution in [3.8, 4) is 0 Å². The summed E-state index contributed by atoms with van der Waals surface area (Å²) in [6, 6.07) is 1.85. The molecule has 0 unspecified atom stereocenters. The van der Waals surface area contributed by atoms with Crippen LogP contribution in [-0.4, -0.2) is 57.1 Å². The monoisotopic (exact) mass is 321 g/mol. The van der Waals surface area contributed by atoms with E-state index in [4.69, 9.17) is 4.74 Å². The van der Waals surface area contributed by atoms with E-state index in [-0.39, 0.29) is 23.7 Å². The molecule has 2 aliphatic rings. The number of fused-ring (bicyclic) bond motifs is 1. The van der Waals surface area contributed by atoms with Crippen LogP contribution in [0.25, 0.3) is 0 Å². The van der Waals surface area contributed by atoms with E-state index in [0.717, 1.165) is 37.8 Å². The molecule has 0 bridgehead atoms. The Hall–Kier alpha value is -1.40. The smallest absolute Gasteiger partial charge is 0.272 e. The van der Waals surface area contributed by atoms with Crippen LogP contribution in [0.4, 0.5) is 0 Å². The molecule has 1 aliphatic heterocycles. The van der Waals surface area contributed by atoms with Crippen LogP contribution in [0, 0.1) is 0 Å². The summed E-state index contributed by atoms with van der Waals surface area (Å²) in [5.74, 6) is 0.000350. The third-order valence-electron chi connectivity index (χ3n) is 5.48. The minimum absolute atomic E-state index is 0.000350. The number of aliphatic hydroxyl groups is 1. The van der Waals surface area contributed by atoms with E-state index in [1.807, 2.05) is 18.0 Å². The first-order chi connectivity index (χ1) is 11.0. The van der Waals surface area contributed by atoms with Gasteiger partial charge in [0.2, 0.25) is 0 Å². The molecule has 1 amide bonds. The number of aryl methyl sites for hydroxylation is 2. The normalized spacial score (nSPS) is 30.5. The van der Waals surface area contributed by atoms with Gasteiger partial charge in [-0.05, 0) is 38.2 Å². The number of hydrogen-bond acceptors (Lipinski definition) is 4. The van der Waals surface area contributed by atoms with Gasteiger partial charge in [0, 0.05) is 20.7 Å². The number of rotatable bonds is 4. The summed E-state index contributed by atoms with van der Waals surface area (Å²) in [6.45, 7) is 2.78. The van der Waals surface area contributed by atoms with Crippen LogP contribution in [0.2, 0.25) is 0 Å². The molecule has 0 spiro atoms. The second-order valence-electron chi connectivity index (χ2n) is 6.86. The van der Waals surface area contributed by atoms with Crippen molar-refractivity contribution in [3.63, 3.8) is 0 Å². The number of carbonyl (C=O) groups excluding carboxylic acids is 1. The lowest BCUT2D eigenvalue weighted by Gasteiger charge is -2.42. The van der Waals surface area contributed by atoms with Crippen LogP contribution in [0.15, 0.2) is 6.07 Å². The largest absolute Gasteiger partial charge is 0.393 e. The van der Waals surface area contributed by atoms with Gasteiger partial charge in [0.25, 0.3) is 5.91 Å². The van der Waals surface area contributed by atoms with E-state index in [1.165, 1.54) is 0 Å². The summed E-state index contributed by atoms with van der Waals surface area (Å²) in [7, 11) is 3.55. The van der Waals surface area contributed by atoms with Gasteiger partial charge in [-0.3, -0.25) is 9.48 Å². The molecule has 3 atom stereocenters. The van der Waals surface area contributed by atoms with Crippen molar-refractivity contribution in [3.05, 3.63) is 17.5 Å². The Morgan fingerprint density at radius 3 is 3.00 bits per heavy atom. The van der Waals surface area contributed by atoms with Gasteiger partial charge in [0.15, 0.2) is 0 Å². The molecule has 3 rings (SSSR count). The third-order valence-corrected chi connectivity index (χ3v) is 5.48. The van der Waals surface area contributed by atoms with Gasteiger partial charge in [0.1, 0.15) is 5.69 Å². The number of likely N-dealkylation sites (tertiary alicyclic amines) is 1. The van der Waals surface area contributed by atoms with Gasteiger partial charge in [-0.1, -0.05) is 13.3 Å². The predicted molar refractivity (Wildman–Crippen MR) is 86.2 cm³/mol. The van der Waals surface area contributed by atoms with Gasteiger partial charge >= 0.3 is 0 Å². The van der Waals surface area contributed by atoms with Gasteiger partial charge < -0.3 is 14.7 Å². The number of amides is 1. The molecule has 0 radical (unpaired) electrons. The average Bonchev–Trinajstić information content (AvgIpc) is 3.08. The lowest BCUT2D eigenvalue weighted by molar-refractivity contribution is -0.0825. The average molecular weight is 321 g/mol. The summed E-state index contributed by atoms with van der Waals surface area (Å²) in [5, 5.41) is 14.5. The standard InChI is InChI=1S/C17H27N3O3/c1-4-5-12-10-14(19(2)18-12)16(22)20-9-8-17(23-3)7-6-13(21)11-15(17)20/h10,13,15,21H,4-9,11H2,1-3H3/t13-,15-,17+/m0/s1. The molecule has 1 saturated carbocycles. The fourth-order valence-electron chi connectivity index (χ4n) is 4.17. The van der Waals surface area contributed by atoms with Crippen molar-refractivity contribution in [2.75, 3.05) is 13.7 Å². The van der Waals surface area contributed by atoms with Gasteiger partial charge in [-0.15, -0.1) is 0 Å². The molecule has 1 aromatic rings. The number of nitrogens with zero attached hydrogens (tertiary/aromatic N) is 3. The molecule has 6 heteroatoms. The van der Waals surface area contributed by atoms with E-state index in [9.17, 15) is 9.90 Å². The van der Waals surface area contributed by atoms with Gasteiger partial charge in [0.05, 0.1) is 23.4 Å². The second-order valence-corrected chi connectivity index (χ2v) is 6.86. The Balaban J connectivity index is 1.85. The minimum atomic E-state index is -0.348. The molecule has 1 saturated heterocycles. The molecule has 2 heterocycles. The first kappa shape index (κ1) is 16.5. The summed E-state index contributed by atoms with van der Waals surface area (Å²) in [4.78, 5) is 14.9. The lowest BCUT2D eigenvalue weighted by atomic mass is 9.79. The van der Waals surface area contributed by atoms with Crippen LogP contribution in [-0.2, 0) is 18.2 Å². The number of aliphatic hydroxyl groups excluding tert-OH is 1. The Bertz CT molecular complexity index is 586. The van der Waals surface area contributed by atoms with Crippen molar-refractivity contribution in [1.29, 1.82) is 0 Å². The van der Waals surface area contributed by atoms with E-state index in [1.54, 1.807) is 11.8 Å². The van der Waals surface area contributed by atoms with Crippen LogP contribution >= 0.6 is 0 Å². The van der Waals surface area contributed by atoms with E-state index in [0.29, 0.717) is 18.7 Å². The zero-order valence-corrected chi connectivity index (χ0v) is 14.3. The summed E-state index contributed by atoms with van der Waals surface area (Å²) >= 11 is 0. The number of methoxy groups -OCH3 is 1. The summed E-state index contributed by atoms with van der Waals surface area (Å²) < 4.78 is 7.49. The molecule has 1 aliphatic carbocycles. The Kier molecular flexibility index (Phi) is 4.47. The first-order valence-electron chi connectivity index (χ1n) is 8.58. The number of carbonyl (C=O) groups is 1. The molecule has 1 aromatic heterocycles. The zero-order valence-electron chi connectivity index (χ0n) is 14.3. The number of ether oxygens (including phenoxy) is 1. The molecular weight excluding hydrogens is 294 g/mol. The minimum Gasteiger partial charge on any atom is -0.393 e. The molecule has 0 aromatic carbocycles. The van der Waals surface area contributed by atoms with E-state index < -0.39 is 0 Å². The molecule has 23 heavy (non-hydrogen) atoms. The summed E-state index contributed by atoms with van der Waals surface area (Å²) in [5.41, 5.74) is 1.29. The van der Waals surface area contributed by atoms with Crippen LogP contribution in [0.1, 0.15) is 55.2 Å².